The van der Waals surface area contributed by atoms with E-state index in [-0.39, 0.29) is 6.04 Å². The van der Waals surface area contributed by atoms with Crippen LogP contribution in [0.1, 0.15) is 37.9 Å². The average molecular weight is 379 g/mol. The number of unbranched alkanes of at least 4 members (excludes halogenated alkanes) is 1. The summed E-state index contributed by atoms with van der Waals surface area (Å²) in [5.41, 5.74) is 1.94. The Labute approximate surface area is 156 Å². The van der Waals surface area contributed by atoms with E-state index in [0.29, 0.717) is 6.54 Å². The number of rotatable bonds is 9. The molecule has 1 atom stereocenters. The molecule has 134 valence electrons. The molecular formula is C17H22N4O2S2. The lowest BCUT2D eigenvalue weighted by molar-refractivity contribution is 0.194. The van der Waals surface area contributed by atoms with Gasteiger partial charge >= 0.3 is 6.09 Å². The van der Waals surface area contributed by atoms with E-state index in [1.807, 2.05) is 42.6 Å². The van der Waals surface area contributed by atoms with E-state index in [1.54, 1.807) is 11.3 Å². The van der Waals surface area contributed by atoms with Gasteiger partial charge in [-0.25, -0.2) is 9.78 Å². The quantitative estimate of drug-likeness (QED) is 0.384. The lowest BCUT2D eigenvalue weighted by Crippen LogP contribution is -2.26. The van der Waals surface area contributed by atoms with Gasteiger partial charge in [-0.1, -0.05) is 30.4 Å². The third-order valence-corrected chi connectivity index (χ3v) is 4.37. The molecule has 6 nitrogen and oxygen atoms in total. The smallest absolute Gasteiger partial charge is 0.404 e. The Morgan fingerprint density at radius 1 is 1.32 bits per heavy atom. The number of amides is 1. The molecule has 0 fully saturated rings. The number of thiocarbonyl (C=S) groups is 1. The molecule has 1 aromatic carbocycles. The fraction of sp³-hybridized carbons (Fsp3) is 0.353. The minimum atomic E-state index is -0.986. The zero-order chi connectivity index (χ0) is 18.1. The average Bonchev–Trinajstić information content (AvgIpc) is 3.02. The Morgan fingerprint density at radius 2 is 2.08 bits per heavy atom. The van der Waals surface area contributed by atoms with Gasteiger partial charge in [0.15, 0.2) is 5.13 Å². The van der Waals surface area contributed by atoms with Gasteiger partial charge in [0.05, 0.1) is 16.7 Å². The van der Waals surface area contributed by atoms with Crippen LogP contribution >= 0.6 is 23.6 Å². The third-order valence-electron chi connectivity index (χ3n) is 3.48. The van der Waals surface area contributed by atoms with Gasteiger partial charge in [-0.05, 0) is 38.3 Å². The highest BCUT2D eigenvalue weighted by molar-refractivity contribution is 7.80. The SMILES string of the molecule is CC(=S)NC(CCCCNC(=O)O)c1csc(Nc2ccccc2)n1. The number of carboxylic acid groups (broad SMARTS) is 1. The highest BCUT2D eigenvalue weighted by atomic mass is 32.1. The number of carbonyl (C=O) groups is 1. The molecule has 2 rings (SSSR count). The van der Waals surface area contributed by atoms with Crippen LogP contribution in [-0.4, -0.2) is 27.7 Å². The second-order valence-electron chi connectivity index (χ2n) is 5.55. The standard InChI is InChI=1S/C17H22N4O2S2/c1-12(24)19-14(9-5-6-10-18-17(22)23)15-11-25-16(21-15)20-13-7-3-2-4-8-13/h2-4,7-8,11,14,18H,5-6,9-10H2,1H3,(H,19,24)(H,20,21)(H,22,23). The molecule has 0 aliphatic carbocycles. The van der Waals surface area contributed by atoms with Gasteiger partial charge in [0, 0.05) is 17.6 Å². The molecule has 0 saturated heterocycles. The number of nitrogens with zero attached hydrogens (tertiary/aromatic N) is 1. The Balaban J connectivity index is 1.93. The highest BCUT2D eigenvalue weighted by Crippen LogP contribution is 2.26. The summed E-state index contributed by atoms with van der Waals surface area (Å²) in [4.78, 5) is 15.8. The molecule has 1 unspecified atom stereocenters. The van der Waals surface area contributed by atoms with E-state index in [4.69, 9.17) is 17.3 Å². The maximum absolute atomic E-state index is 10.5. The van der Waals surface area contributed by atoms with E-state index in [1.165, 1.54) is 0 Å². The molecular weight excluding hydrogens is 356 g/mol. The lowest BCUT2D eigenvalue weighted by Gasteiger charge is -2.17. The maximum Gasteiger partial charge on any atom is 0.404 e. The van der Waals surface area contributed by atoms with Gasteiger partial charge < -0.3 is 21.1 Å². The molecule has 1 amide bonds. The fourth-order valence-corrected chi connectivity index (χ4v) is 3.28. The van der Waals surface area contributed by atoms with E-state index < -0.39 is 6.09 Å². The molecule has 25 heavy (non-hydrogen) atoms. The monoisotopic (exact) mass is 378 g/mol. The highest BCUT2D eigenvalue weighted by Gasteiger charge is 2.15. The van der Waals surface area contributed by atoms with Crippen LogP contribution in [0.4, 0.5) is 15.6 Å². The number of nitrogens with one attached hydrogen (secondary N) is 3. The molecule has 1 aromatic heterocycles. The summed E-state index contributed by atoms with van der Waals surface area (Å²) in [7, 11) is 0. The Morgan fingerprint density at radius 3 is 2.76 bits per heavy atom. The number of thiazole rings is 1. The molecule has 0 aliphatic rings. The van der Waals surface area contributed by atoms with E-state index in [0.717, 1.165) is 40.8 Å². The summed E-state index contributed by atoms with van der Waals surface area (Å²) in [6.07, 6.45) is 1.50. The normalized spacial score (nSPS) is 11.6. The molecule has 0 radical (unpaired) electrons. The maximum atomic E-state index is 10.5. The van der Waals surface area contributed by atoms with Gasteiger partial charge in [0.1, 0.15) is 0 Å². The van der Waals surface area contributed by atoms with Crippen LogP contribution in [0, 0.1) is 0 Å². The molecule has 4 N–H and O–H groups in total. The molecule has 0 spiro atoms. The third kappa shape index (κ3) is 7.06. The summed E-state index contributed by atoms with van der Waals surface area (Å²) >= 11 is 6.73. The number of hydrogen-bond acceptors (Lipinski definition) is 5. The first kappa shape index (κ1) is 19.1. The Bertz CT molecular complexity index is 691. The zero-order valence-corrected chi connectivity index (χ0v) is 15.6. The fourth-order valence-electron chi connectivity index (χ4n) is 2.36. The van der Waals surface area contributed by atoms with Crippen LogP contribution in [0.3, 0.4) is 0 Å². The van der Waals surface area contributed by atoms with Crippen molar-refractivity contribution < 1.29 is 9.90 Å². The Hall–Kier alpha value is -2.19. The topological polar surface area (TPSA) is 86.3 Å². The first-order chi connectivity index (χ1) is 12.0. The summed E-state index contributed by atoms with van der Waals surface area (Å²) in [6, 6.07) is 9.94. The predicted octanol–water partition coefficient (Wildman–Crippen LogP) is 4.30. The Kier molecular flexibility index (Phi) is 7.62. The van der Waals surface area contributed by atoms with Crippen molar-refractivity contribution in [3.05, 3.63) is 41.4 Å². The van der Waals surface area contributed by atoms with Crippen molar-refractivity contribution in [3.63, 3.8) is 0 Å². The van der Waals surface area contributed by atoms with E-state index >= 15 is 0 Å². The largest absolute Gasteiger partial charge is 0.465 e. The lowest BCUT2D eigenvalue weighted by atomic mass is 10.1. The van der Waals surface area contributed by atoms with E-state index in [2.05, 4.69) is 20.9 Å². The van der Waals surface area contributed by atoms with Crippen molar-refractivity contribution in [2.45, 2.75) is 32.2 Å². The van der Waals surface area contributed by atoms with Crippen molar-refractivity contribution in [1.82, 2.24) is 15.6 Å². The van der Waals surface area contributed by atoms with Gasteiger partial charge in [-0.15, -0.1) is 11.3 Å². The molecule has 0 bridgehead atoms. The van der Waals surface area contributed by atoms with Crippen LogP contribution in [0.25, 0.3) is 0 Å². The van der Waals surface area contributed by atoms with Crippen LogP contribution in [0.5, 0.6) is 0 Å². The van der Waals surface area contributed by atoms with Crippen molar-refractivity contribution in [2.24, 2.45) is 0 Å². The summed E-state index contributed by atoms with van der Waals surface area (Å²) < 4.78 is 0. The number of benzene rings is 1. The summed E-state index contributed by atoms with van der Waals surface area (Å²) in [5, 5.41) is 20.4. The van der Waals surface area contributed by atoms with Crippen molar-refractivity contribution in [3.8, 4) is 0 Å². The second-order valence-corrected chi connectivity index (χ2v) is 7.02. The van der Waals surface area contributed by atoms with Gasteiger partial charge in [-0.2, -0.15) is 0 Å². The van der Waals surface area contributed by atoms with Crippen LogP contribution < -0.4 is 16.0 Å². The number of aromatic nitrogens is 1. The minimum absolute atomic E-state index is 0.0323. The molecule has 0 saturated carbocycles. The summed E-state index contributed by atoms with van der Waals surface area (Å²) in [5.74, 6) is 0. The van der Waals surface area contributed by atoms with Crippen molar-refractivity contribution in [2.75, 3.05) is 11.9 Å². The van der Waals surface area contributed by atoms with Crippen LogP contribution in [0.2, 0.25) is 0 Å². The number of para-hydroxylation sites is 1. The minimum Gasteiger partial charge on any atom is -0.465 e. The predicted molar refractivity (Wildman–Crippen MR) is 106 cm³/mol. The molecule has 0 aliphatic heterocycles. The van der Waals surface area contributed by atoms with Crippen molar-refractivity contribution >= 4 is 45.5 Å². The molecule has 2 aromatic rings. The summed E-state index contributed by atoms with van der Waals surface area (Å²) in [6.45, 7) is 2.31. The van der Waals surface area contributed by atoms with Crippen LogP contribution in [-0.2, 0) is 0 Å². The van der Waals surface area contributed by atoms with Gasteiger partial charge in [0.2, 0.25) is 0 Å². The van der Waals surface area contributed by atoms with Crippen molar-refractivity contribution in [1.29, 1.82) is 0 Å². The number of hydrogen-bond donors (Lipinski definition) is 4. The zero-order valence-electron chi connectivity index (χ0n) is 14.0. The first-order valence-corrected chi connectivity index (χ1v) is 9.35. The van der Waals surface area contributed by atoms with Gasteiger partial charge in [0.25, 0.3) is 0 Å². The van der Waals surface area contributed by atoms with Crippen LogP contribution in [0.15, 0.2) is 35.7 Å². The second kappa shape index (κ2) is 9.95. The first-order valence-electron chi connectivity index (χ1n) is 8.06. The van der Waals surface area contributed by atoms with Gasteiger partial charge in [-0.3, -0.25) is 0 Å². The van der Waals surface area contributed by atoms with E-state index in [9.17, 15) is 4.79 Å². The molecule has 8 heteroatoms. The number of anilines is 2. The molecule has 1 heterocycles.